The number of hydrogen-bond donors (Lipinski definition) is 0. The molecule has 0 bridgehead atoms. The van der Waals surface area contributed by atoms with Crippen molar-refractivity contribution in [3.63, 3.8) is 0 Å². The second-order valence-electron chi connectivity index (χ2n) is 9.14. The van der Waals surface area contributed by atoms with Crippen LogP contribution in [0.5, 0.6) is 0 Å². The van der Waals surface area contributed by atoms with Crippen molar-refractivity contribution >= 4 is 0 Å². The summed E-state index contributed by atoms with van der Waals surface area (Å²) in [5.74, 6) is 0. The molecule has 0 N–H and O–H groups in total. The first kappa shape index (κ1) is 25.6. The summed E-state index contributed by atoms with van der Waals surface area (Å²) in [6.07, 6.45) is 10.6. The third-order valence-corrected chi connectivity index (χ3v) is 6.08. The lowest BCUT2D eigenvalue weighted by Crippen LogP contribution is -2.19. The van der Waals surface area contributed by atoms with Crippen LogP contribution in [0.25, 0.3) is 0 Å². The molecule has 1 unspecified atom stereocenters. The van der Waals surface area contributed by atoms with Crippen molar-refractivity contribution in [1.29, 1.82) is 0 Å². The quantitative estimate of drug-likeness (QED) is 0.229. The Morgan fingerprint density at radius 1 is 0.969 bits per heavy atom. The molecule has 2 aromatic carbocycles. The first-order valence-electron chi connectivity index (χ1n) is 11.7. The van der Waals surface area contributed by atoms with E-state index < -0.39 is 0 Å². The molecule has 2 aromatic rings. The average Bonchev–Trinajstić information content (AvgIpc) is 2.78. The molecule has 32 heavy (non-hydrogen) atoms. The van der Waals surface area contributed by atoms with Crippen LogP contribution in [0.2, 0.25) is 0 Å². The Balaban J connectivity index is 1.96. The molecule has 170 valence electrons. The number of allylic oxidation sites excluding steroid dienone is 4. The third kappa shape index (κ3) is 8.48. The van der Waals surface area contributed by atoms with E-state index in [1.54, 1.807) is 0 Å². The zero-order valence-electron chi connectivity index (χ0n) is 20.5. The Kier molecular flexibility index (Phi) is 10.4. The molecular formula is C31H40O. The minimum Gasteiger partial charge on any atom is -0.372 e. The van der Waals surface area contributed by atoms with E-state index in [2.05, 4.69) is 82.5 Å². The fourth-order valence-electron chi connectivity index (χ4n) is 3.89. The predicted octanol–water partition coefficient (Wildman–Crippen LogP) is 8.53. The zero-order chi connectivity index (χ0) is 23.4. The topological polar surface area (TPSA) is 9.23 Å². The van der Waals surface area contributed by atoms with Gasteiger partial charge in [-0.05, 0) is 67.2 Å². The van der Waals surface area contributed by atoms with E-state index in [4.69, 9.17) is 4.74 Å². The van der Waals surface area contributed by atoms with E-state index in [0.29, 0.717) is 13.2 Å². The molecule has 0 aromatic heterocycles. The van der Waals surface area contributed by atoms with E-state index in [1.165, 1.54) is 27.8 Å². The molecule has 0 aliphatic carbocycles. The van der Waals surface area contributed by atoms with Gasteiger partial charge in [0.15, 0.2) is 0 Å². The van der Waals surface area contributed by atoms with Gasteiger partial charge in [-0.3, -0.25) is 0 Å². The highest BCUT2D eigenvalue weighted by Crippen LogP contribution is 2.31. The van der Waals surface area contributed by atoms with Crippen molar-refractivity contribution in [3.05, 3.63) is 119 Å². The first-order chi connectivity index (χ1) is 15.4. The zero-order valence-corrected chi connectivity index (χ0v) is 20.5. The maximum absolute atomic E-state index is 5.96. The van der Waals surface area contributed by atoms with Gasteiger partial charge in [-0.2, -0.15) is 0 Å². The van der Waals surface area contributed by atoms with Crippen LogP contribution in [0.15, 0.2) is 103 Å². The van der Waals surface area contributed by atoms with Gasteiger partial charge in [-0.15, -0.1) is 6.58 Å². The first-order valence-corrected chi connectivity index (χ1v) is 11.7. The van der Waals surface area contributed by atoms with Gasteiger partial charge in [0.2, 0.25) is 0 Å². The highest BCUT2D eigenvalue weighted by molar-refractivity contribution is 5.32. The van der Waals surface area contributed by atoms with Crippen LogP contribution in [-0.2, 0) is 23.2 Å². The molecule has 0 saturated carbocycles. The highest BCUT2D eigenvalue weighted by atomic mass is 16.5. The molecule has 0 aliphatic rings. The lowest BCUT2D eigenvalue weighted by Gasteiger charge is -2.27. The number of hydrogen-bond acceptors (Lipinski definition) is 1. The Morgan fingerprint density at radius 2 is 1.66 bits per heavy atom. The van der Waals surface area contributed by atoms with E-state index in [0.717, 1.165) is 31.3 Å². The summed E-state index contributed by atoms with van der Waals surface area (Å²) in [5, 5.41) is 0. The summed E-state index contributed by atoms with van der Waals surface area (Å²) in [4.78, 5) is 0. The molecule has 0 heterocycles. The largest absolute Gasteiger partial charge is 0.372 e. The maximum atomic E-state index is 5.96. The Bertz CT molecular complexity index is 915. The van der Waals surface area contributed by atoms with Crippen molar-refractivity contribution in [2.24, 2.45) is 0 Å². The lowest BCUT2D eigenvalue weighted by atomic mass is 9.77. The number of benzene rings is 2. The summed E-state index contributed by atoms with van der Waals surface area (Å²) in [6, 6.07) is 19.5. The van der Waals surface area contributed by atoms with Crippen molar-refractivity contribution < 1.29 is 4.74 Å². The van der Waals surface area contributed by atoms with Gasteiger partial charge in [0.25, 0.3) is 0 Å². The molecule has 0 amide bonds. The van der Waals surface area contributed by atoms with Gasteiger partial charge in [-0.25, -0.2) is 0 Å². The van der Waals surface area contributed by atoms with Gasteiger partial charge in [0, 0.05) is 0 Å². The van der Waals surface area contributed by atoms with Crippen LogP contribution in [0.1, 0.15) is 63.6 Å². The monoisotopic (exact) mass is 428 g/mol. The lowest BCUT2D eigenvalue weighted by molar-refractivity contribution is 0.144. The van der Waals surface area contributed by atoms with Crippen molar-refractivity contribution in [2.75, 3.05) is 6.61 Å². The summed E-state index contributed by atoms with van der Waals surface area (Å²) < 4.78 is 5.96. The van der Waals surface area contributed by atoms with E-state index in [9.17, 15) is 0 Å². The molecule has 0 saturated heterocycles. The second-order valence-corrected chi connectivity index (χ2v) is 9.14. The Labute approximate surface area is 196 Å². The summed E-state index contributed by atoms with van der Waals surface area (Å²) in [5.41, 5.74) is 7.72. The van der Waals surface area contributed by atoms with Gasteiger partial charge >= 0.3 is 0 Å². The second kappa shape index (κ2) is 13.0. The normalized spacial score (nSPS) is 14.1. The van der Waals surface area contributed by atoms with Crippen molar-refractivity contribution in [2.45, 2.75) is 65.4 Å². The molecular weight excluding hydrogens is 388 g/mol. The Hall–Kier alpha value is -2.64. The molecule has 0 aliphatic heterocycles. The molecule has 1 atom stereocenters. The summed E-state index contributed by atoms with van der Waals surface area (Å²) >= 11 is 0. The van der Waals surface area contributed by atoms with Crippen LogP contribution in [0.3, 0.4) is 0 Å². The molecule has 1 nitrogen and oxygen atoms in total. The van der Waals surface area contributed by atoms with Crippen LogP contribution in [-0.4, -0.2) is 6.61 Å². The standard InChI is InChI=1S/C31H40O/c1-7-20-31(6,8-2)30-18-16-27(17-19-30)15-14-26(5)22-29(21-25(3)4)24-32-23-28-12-10-9-11-13-28/h7,9-13,16-19,21-22H,1,3,8,14-15,20,23-24H2,2,4-6H3. The van der Waals surface area contributed by atoms with Crippen LogP contribution in [0.4, 0.5) is 0 Å². The van der Waals surface area contributed by atoms with Gasteiger partial charge in [0.1, 0.15) is 0 Å². The van der Waals surface area contributed by atoms with Crippen LogP contribution < -0.4 is 0 Å². The molecule has 2 rings (SSSR count). The smallest absolute Gasteiger partial charge is 0.0721 e. The third-order valence-electron chi connectivity index (χ3n) is 6.08. The van der Waals surface area contributed by atoms with Crippen molar-refractivity contribution in [1.82, 2.24) is 0 Å². The minimum atomic E-state index is 0.179. The van der Waals surface area contributed by atoms with Gasteiger partial charge < -0.3 is 4.74 Å². The fraction of sp³-hybridized carbons (Fsp3) is 0.355. The van der Waals surface area contributed by atoms with Crippen molar-refractivity contribution in [3.8, 4) is 0 Å². The van der Waals surface area contributed by atoms with Gasteiger partial charge in [-0.1, -0.05) is 104 Å². The number of aryl methyl sites for hydroxylation is 1. The van der Waals surface area contributed by atoms with Gasteiger partial charge in [0.05, 0.1) is 13.2 Å². The summed E-state index contributed by atoms with van der Waals surface area (Å²) in [7, 11) is 0. The molecule has 0 spiro atoms. The van der Waals surface area contributed by atoms with E-state index in [-0.39, 0.29) is 5.41 Å². The molecule has 0 radical (unpaired) electrons. The fourth-order valence-corrected chi connectivity index (χ4v) is 3.89. The summed E-state index contributed by atoms with van der Waals surface area (Å²) in [6.45, 7) is 18.0. The number of ether oxygens (including phenoxy) is 1. The van der Waals surface area contributed by atoms with Crippen LogP contribution >= 0.6 is 0 Å². The van der Waals surface area contributed by atoms with Crippen LogP contribution in [0, 0.1) is 0 Å². The SMILES string of the molecule is C=CCC(C)(CC)c1ccc(CCC(C)=CC(=CC(=C)C)COCc2ccccc2)cc1. The molecule has 0 fully saturated rings. The Morgan fingerprint density at radius 3 is 2.25 bits per heavy atom. The highest BCUT2D eigenvalue weighted by Gasteiger charge is 2.22. The molecule has 1 heteroatoms. The average molecular weight is 429 g/mol. The van der Waals surface area contributed by atoms with E-state index in [1.807, 2.05) is 31.2 Å². The predicted molar refractivity (Wildman–Crippen MR) is 140 cm³/mol. The van der Waals surface area contributed by atoms with E-state index >= 15 is 0 Å². The number of rotatable bonds is 13. The minimum absolute atomic E-state index is 0.179. The maximum Gasteiger partial charge on any atom is 0.0721 e.